The second-order valence-electron chi connectivity index (χ2n) is 5.03. The van der Waals surface area contributed by atoms with Crippen molar-refractivity contribution in [1.82, 2.24) is 0 Å². The second-order valence-corrected chi connectivity index (χ2v) is 6.19. The van der Waals surface area contributed by atoms with Crippen LogP contribution in [-0.4, -0.2) is 11.7 Å². The number of phenols is 1. The minimum absolute atomic E-state index is 0.215. The van der Waals surface area contributed by atoms with Gasteiger partial charge >= 0.3 is 0 Å². The Labute approximate surface area is 139 Å². The van der Waals surface area contributed by atoms with Crippen molar-refractivity contribution in [2.45, 2.75) is 27.3 Å². The van der Waals surface area contributed by atoms with Crippen LogP contribution in [0.3, 0.4) is 0 Å². The first-order valence-corrected chi connectivity index (χ1v) is 8.04. The minimum Gasteiger partial charge on any atom is -0.504 e. The largest absolute Gasteiger partial charge is 0.504 e. The van der Waals surface area contributed by atoms with Gasteiger partial charge in [0.05, 0.1) is 10.2 Å². The normalized spacial score (nSPS) is 10.5. The summed E-state index contributed by atoms with van der Waals surface area (Å²) in [6, 6.07) is 10.2. The number of hydrogen-bond acceptors (Lipinski definition) is 3. The quantitative estimate of drug-likeness (QED) is 0.724. The topological polar surface area (TPSA) is 41.5 Å². The Hall–Kier alpha value is -1.43. The number of aromatic hydroxyl groups is 1. The summed E-state index contributed by atoms with van der Waals surface area (Å²) in [6.07, 6.45) is 0. The molecule has 0 heterocycles. The molecule has 0 amide bonds. The monoisotopic (exact) mass is 397 g/mol. The van der Waals surface area contributed by atoms with E-state index in [2.05, 4.69) is 60.0 Å². The van der Waals surface area contributed by atoms with Gasteiger partial charge in [0.1, 0.15) is 0 Å². The summed E-state index contributed by atoms with van der Waals surface area (Å²) in [7, 11) is 0. The van der Waals surface area contributed by atoms with Gasteiger partial charge in [-0.25, -0.2) is 0 Å². The molecule has 3 nitrogen and oxygen atoms in total. The summed E-state index contributed by atoms with van der Waals surface area (Å²) in [4.78, 5) is 0. The molecule has 2 aromatic rings. The van der Waals surface area contributed by atoms with Crippen LogP contribution in [0.4, 0.5) is 5.69 Å². The Kier molecular flexibility index (Phi) is 5.33. The number of hydrogen-bond donors (Lipinski definition) is 2. The van der Waals surface area contributed by atoms with Crippen LogP contribution in [0.15, 0.2) is 30.3 Å². The van der Waals surface area contributed by atoms with E-state index in [1.165, 1.54) is 11.1 Å². The number of halogens is 1. The van der Waals surface area contributed by atoms with E-state index < -0.39 is 0 Å². The highest BCUT2D eigenvalue weighted by atomic mass is 127. The van der Waals surface area contributed by atoms with Gasteiger partial charge in [-0.2, -0.15) is 0 Å². The summed E-state index contributed by atoms with van der Waals surface area (Å²) in [6.45, 7) is 7.33. The van der Waals surface area contributed by atoms with Gasteiger partial charge in [0.25, 0.3) is 0 Å². The van der Waals surface area contributed by atoms with Gasteiger partial charge < -0.3 is 15.2 Å². The molecular formula is C17H20INO2. The van der Waals surface area contributed by atoms with Gasteiger partial charge in [0, 0.05) is 12.2 Å². The van der Waals surface area contributed by atoms with Crippen molar-refractivity contribution in [2.24, 2.45) is 0 Å². The van der Waals surface area contributed by atoms with Crippen LogP contribution >= 0.6 is 22.6 Å². The Morgan fingerprint density at radius 2 is 1.95 bits per heavy atom. The molecule has 0 fully saturated rings. The zero-order valence-electron chi connectivity index (χ0n) is 12.5. The lowest BCUT2D eigenvalue weighted by Gasteiger charge is -2.13. The molecule has 4 heteroatoms. The lowest BCUT2D eigenvalue weighted by molar-refractivity contribution is 0.317. The zero-order chi connectivity index (χ0) is 15.4. The number of phenolic OH excluding ortho intramolecular Hbond substituents is 1. The standard InChI is InChI=1S/C17H20INO2/c1-4-21-16-9-13(8-14(18)17(16)20)10-19-15-6-5-11(2)7-12(15)3/h5-9,19-20H,4,10H2,1-3H3. The lowest BCUT2D eigenvalue weighted by Crippen LogP contribution is -2.03. The van der Waals surface area contributed by atoms with Crippen LogP contribution in [0, 0.1) is 17.4 Å². The van der Waals surface area contributed by atoms with Crippen molar-refractivity contribution in [1.29, 1.82) is 0 Å². The summed E-state index contributed by atoms with van der Waals surface area (Å²) in [5.74, 6) is 0.759. The van der Waals surface area contributed by atoms with Gasteiger partial charge in [0.15, 0.2) is 11.5 Å². The van der Waals surface area contributed by atoms with Crippen molar-refractivity contribution in [3.05, 3.63) is 50.6 Å². The third-order valence-corrected chi connectivity index (χ3v) is 4.08. The van der Waals surface area contributed by atoms with Gasteiger partial charge in [-0.15, -0.1) is 0 Å². The van der Waals surface area contributed by atoms with E-state index in [-0.39, 0.29) is 5.75 Å². The third-order valence-electron chi connectivity index (χ3n) is 3.25. The average molecular weight is 397 g/mol. The second kappa shape index (κ2) is 7.02. The Balaban J connectivity index is 2.16. The fraction of sp³-hybridized carbons (Fsp3) is 0.294. The highest BCUT2D eigenvalue weighted by molar-refractivity contribution is 14.1. The van der Waals surface area contributed by atoms with E-state index in [1.807, 2.05) is 19.1 Å². The SMILES string of the molecule is CCOc1cc(CNc2ccc(C)cc2C)cc(I)c1O. The molecule has 0 radical (unpaired) electrons. The van der Waals surface area contributed by atoms with Gasteiger partial charge in [-0.05, 0) is 72.7 Å². The first-order chi connectivity index (χ1) is 10.0. The van der Waals surface area contributed by atoms with E-state index in [1.54, 1.807) is 0 Å². The van der Waals surface area contributed by atoms with E-state index >= 15 is 0 Å². The van der Waals surface area contributed by atoms with E-state index in [0.717, 1.165) is 14.8 Å². The van der Waals surface area contributed by atoms with Gasteiger partial charge in [-0.1, -0.05) is 17.7 Å². The summed E-state index contributed by atoms with van der Waals surface area (Å²) < 4.78 is 6.27. The van der Waals surface area contributed by atoms with E-state index in [9.17, 15) is 5.11 Å². The van der Waals surface area contributed by atoms with Crippen LogP contribution in [0.1, 0.15) is 23.6 Å². The van der Waals surface area contributed by atoms with Crippen molar-refractivity contribution >= 4 is 28.3 Å². The Bertz CT molecular complexity index is 641. The van der Waals surface area contributed by atoms with Crippen LogP contribution < -0.4 is 10.1 Å². The molecule has 2 aromatic carbocycles. The maximum atomic E-state index is 9.96. The van der Waals surface area contributed by atoms with Crippen molar-refractivity contribution < 1.29 is 9.84 Å². The average Bonchev–Trinajstić information content (AvgIpc) is 2.43. The third kappa shape index (κ3) is 4.03. The van der Waals surface area contributed by atoms with Gasteiger partial charge in [0.2, 0.25) is 0 Å². The molecule has 112 valence electrons. The fourth-order valence-corrected chi connectivity index (χ4v) is 2.87. The molecule has 0 atom stereocenters. The molecule has 2 N–H and O–H groups in total. The van der Waals surface area contributed by atoms with Crippen LogP contribution in [0.5, 0.6) is 11.5 Å². The molecule has 0 unspecified atom stereocenters. The van der Waals surface area contributed by atoms with E-state index in [0.29, 0.717) is 18.9 Å². The predicted octanol–water partition coefficient (Wildman–Crippen LogP) is 4.62. The molecule has 0 aliphatic rings. The Morgan fingerprint density at radius 1 is 1.19 bits per heavy atom. The number of nitrogens with one attached hydrogen (secondary N) is 1. The van der Waals surface area contributed by atoms with E-state index in [4.69, 9.17) is 4.74 Å². The van der Waals surface area contributed by atoms with Gasteiger partial charge in [-0.3, -0.25) is 0 Å². The first kappa shape index (κ1) is 15.9. The number of anilines is 1. The zero-order valence-corrected chi connectivity index (χ0v) is 14.7. The smallest absolute Gasteiger partial charge is 0.171 e. The minimum atomic E-state index is 0.215. The number of rotatable bonds is 5. The van der Waals surface area contributed by atoms with Crippen molar-refractivity contribution in [2.75, 3.05) is 11.9 Å². The lowest BCUT2D eigenvalue weighted by atomic mass is 10.1. The molecule has 0 aliphatic carbocycles. The summed E-state index contributed by atoms with van der Waals surface area (Å²) in [5, 5.41) is 13.4. The summed E-state index contributed by atoms with van der Waals surface area (Å²) >= 11 is 2.12. The molecule has 2 rings (SSSR count). The molecule has 0 aliphatic heterocycles. The molecular weight excluding hydrogens is 377 g/mol. The molecule has 0 saturated carbocycles. The molecule has 21 heavy (non-hydrogen) atoms. The molecule has 0 saturated heterocycles. The van der Waals surface area contributed by atoms with Crippen LogP contribution in [0.25, 0.3) is 0 Å². The molecule has 0 aromatic heterocycles. The summed E-state index contributed by atoms with van der Waals surface area (Å²) in [5.41, 5.74) is 4.70. The maximum absolute atomic E-state index is 9.96. The molecule has 0 bridgehead atoms. The number of aryl methyl sites for hydroxylation is 2. The molecule has 0 spiro atoms. The Morgan fingerprint density at radius 3 is 2.62 bits per heavy atom. The van der Waals surface area contributed by atoms with Crippen molar-refractivity contribution in [3.63, 3.8) is 0 Å². The fourth-order valence-electron chi connectivity index (χ4n) is 2.20. The van der Waals surface area contributed by atoms with Crippen LogP contribution in [0.2, 0.25) is 0 Å². The highest BCUT2D eigenvalue weighted by Crippen LogP contribution is 2.33. The van der Waals surface area contributed by atoms with Crippen LogP contribution in [-0.2, 0) is 6.54 Å². The van der Waals surface area contributed by atoms with Crippen molar-refractivity contribution in [3.8, 4) is 11.5 Å². The highest BCUT2D eigenvalue weighted by Gasteiger charge is 2.09. The predicted molar refractivity (Wildman–Crippen MR) is 95.2 cm³/mol. The first-order valence-electron chi connectivity index (χ1n) is 6.96. The number of ether oxygens (including phenoxy) is 1. The maximum Gasteiger partial charge on any atom is 0.171 e. The number of benzene rings is 2.